The summed E-state index contributed by atoms with van der Waals surface area (Å²) in [5.74, 6) is -3.77. The second-order valence-corrected chi connectivity index (χ2v) is 4.35. The molecule has 0 aromatic heterocycles. The third-order valence-electron chi connectivity index (χ3n) is 2.72. The molecule has 0 radical (unpaired) electrons. The van der Waals surface area contributed by atoms with Crippen molar-refractivity contribution < 1.29 is 18.0 Å². The zero-order valence-electron chi connectivity index (χ0n) is 9.60. The molecule has 2 rings (SSSR count). The largest absolute Gasteiger partial charge is 0.376 e. The van der Waals surface area contributed by atoms with Crippen LogP contribution in [0.15, 0.2) is 12.1 Å². The van der Waals surface area contributed by atoms with Crippen molar-refractivity contribution in [3.05, 3.63) is 29.6 Å². The standard InChI is InChI=1S/C12H13F3N2O/c13-9-3-8(4-10(14)12(9)15)16-6-11(18)17-5-7-1-2-7/h3-4,7,16H,1-2,5-6H2,(H,17,18). The van der Waals surface area contributed by atoms with Gasteiger partial charge in [0.2, 0.25) is 5.91 Å². The number of carbonyl (C=O) groups excluding carboxylic acids is 1. The van der Waals surface area contributed by atoms with Crippen molar-refractivity contribution in [3.8, 4) is 0 Å². The van der Waals surface area contributed by atoms with E-state index >= 15 is 0 Å². The van der Waals surface area contributed by atoms with Crippen LogP contribution in [-0.4, -0.2) is 19.0 Å². The van der Waals surface area contributed by atoms with Crippen LogP contribution in [0.2, 0.25) is 0 Å². The molecule has 1 fully saturated rings. The van der Waals surface area contributed by atoms with Gasteiger partial charge in [-0.25, -0.2) is 13.2 Å². The summed E-state index contributed by atoms with van der Waals surface area (Å²) >= 11 is 0. The average Bonchev–Trinajstić information content (AvgIpc) is 3.14. The van der Waals surface area contributed by atoms with Crippen molar-refractivity contribution in [2.45, 2.75) is 12.8 Å². The van der Waals surface area contributed by atoms with E-state index in [0.29, 0.717) is 12.5 Å². The normalized spacial score (nSPS) is 14.4. The first-order valence-corrected chi connectivity index (χ1v) is 5.71. The van der Waals surface area contributed by atoms with Gasteiger partial charge < -0.3 is 10.6 Å². The van der Waals surface area contributed by atoms with Crippen LogP contribution >= 0.6 is 0 Å². The van der Waals surface area contributed by atoms with E-state index in [9.17, 15) is 18.0 Å². The lowest BCUT2D eigenvalue weighted by Crippen LogP contribution is -2.31. The van der Waals surface area contributed by atoms with Crippen LogP contribution in [0.3, 0.4) is 0 Å². The molecule has 18 heavy (non-hydrogen) atoms. The first kappa shape index (κ1) is 12.7. The molecule has 98 valence electrons. The maximum Gasteiger partial charge on any atom is 0.239 e. The minimum atomic E-state index is -1.52. The lowest BCUT2D eigenvalue weighted by Gasteiger charge is -2.08. The van der Waals surface area contributed by atoms with Crippen LogP contribution in [0.1, 0.15) is 12.8 Å². The molecule has 1 aliphatic rings. The SMILES string of the molecule is O=C(CNc1cc(F)c(F)c(F)c1)NCC1CC1. The quantitative estimate of drug-likeness (QED) is 0.793. The molecule has 1 saturated carbocycles. The Bertz CT molecular complexity index is 438. The Balaban J connectivity index is 1.83. The van der Waals surface area contributed by atoms with Crippen molar-refractivity contribution in [2.75, 3.05) is 18.4 Å². The average molecular weight is 258 g/mol. The number of amides is 1. The van der Waals surface area contributed by atoms with E-state index in [4.69, 9.17) is 0 Å². The number of hydrogen-bond acceptors (Lipinski definition) is 2. The fourth-order valence-corrected chi connectivity index (χ4v) is 1.48. The molecule has 1 aliphatic carbocycles. The molecule has 1 amide bonds. The summed E-state index contributed by atoms with van der Waals surface area (Å²) in [5.41, 5.74) is 0.0352. The number of hydrogen-bond donors (Lipinski definition) is 2. The van der Waals surface area contributed by atoms with Gasteiger partial charge in [-0.1, -0.05) is 0 Å². The van der Waals surface area contributed by atoms with Gasteiger partial charge in [0.25, 0.3) is 0 Å². The van der Waals surface area contributed by atoms with Gasteiger partial charge in [0, 0.05) is 24.4 Å². The molecule has 1 aromatic carbocycles. The number of benzene rings is 1. The van der Waals surface area contributed by atoms with Crippen molar-refractivity contribution in [1.82, 2.24) is 5.32 Å². The third-order valence-corrected chi connectivity index (χ3v) is 2.72. The fraction of sp³-hybridized carbons (Fsp3) is 0.417. The molecule has 0 heterocycles. The van der Waals surface area contributed by atoms with E-state index in [1.807, 2.05) is 0 Å². The highest BCUT2D eigenvalue weighted by Crippen LogP contribution is 2.27. The van der Waals surface area contributed by atoms with Gasteiger partial charge in [0.15, 0.2) is 17.5 Å². The fourth-order valence-electron chi connectivity index (χ4n) is 1.48. The Hall–Kier alpha value is -1.72. The zero-order valence-corrected chi connectivity index (χ0v) is 9.60. The van der Waals surface area contributed by atoms with E-state index in [0.717, 1.165) is 25.0 Å². The second-order valence-electron chi connectivity index (χ2n) is 4.35. The molecule has 0 aliphatic heterocycles. The lowest BCUT2D eigenvalue weighted by atomic mass is 10.3. The molecule has 0 bridgehead atoms. The van der Waals surface area contributed by atoms with E-state index in [1.165, 1.54) is 0 Å². The number of carbonyl (C=O) groups is 1. The molecular formula is C12H13F3N2O. The van der Waals surface area contributed by atoms with Crippen molar-refractivity contribution in [1.29, 1.82) is 0 Å². The van der Waals surface area contributed by atoms with Gasteiger partial charge in [-0.15, -0.1) is 0 Å². The maximum absolute atomic E-state index is 12.9. The zero-order chi connectivity index (χ0) is 13.1. The molecule has 0 atom stereocenters. The highest BCUT2D eigenvalue weighted by Gasteiger charge is 2.21. The summed E-state index contributed by atoms with van der Waals surface area (Å²) < 4.78 is 38.4. The van der Waals surface area contributed by atoms with Crippen LogP contribution < -0.4 is 10.6 Å². The molecule has 1 aromatic rings. The first-order valence-electron chi connectivity index (χ1n) is 5.71. The number of anilines is 1. The Kier molecular flexibility index (Phi) is 3.74. The Morgan fingerprint density at radius 2 is 1.83 bits per heavy atom. The van der Waals surface area contributed by atoms with Crippen molar-refractivity contribution >= 4 is 11.6 Å². The summed E-state index contributed by atoms with van der Waals surface area (Å²) in [6.45, 7) is 0.532. The Morgan fingerprint density at radius 3 is 2.39 bits per heavy atom. The third kappa shape index (κ3) is 3.38. The summed E-state index contributed by atoms with van der Waals surface area (Å²) in [4.78, 5) is 11.4. The topological polar surface area (TPSA) is 41.1 Å². The smallest absolute Gasteiger partial charge is 0.239 e. The molecule has 6 heteroatoms. The predicted molar refractivity (Wildman–Crippen MR) is 60.5 cm³/mol. The summed E-state index contributed by atoms with van der Waals surface area (Å²) in [5, 5.41) is 5.23. The van der Waals surface area contributed by atoms with Crippen LogP contribution in [0.4, 0.5) is 18.9 Å². The molecule has 2 N–H and O–H groups in total. The van der Waals surface area contributed by atoms with Gasteiger partial charge in [-0.05, 0) is 18.8 Å². The molecule has 0 spiro atoms. The summed E-state index contributed by atoms with van der Waals surface area (Å²) in [7, 11) is 0. The van der Waals surface area contributed by atoms with Gasteiger partial charge in [-0.2, -0.15) is 0 Å². The van der Waals surface area contributed by atoms with Crippen LogP contribution in [0.5, 0.6) is 0 Å². The minimum absolute atomic E-state index is 0.0352. The number of halogens is 3. The molecular weight excluding hydrogens is 245 g/mol. The van der Waals surface area contributed by atoms with E-state index < -0.39 is 17.5 Å². The lowest BCUT2D eigenvalue weighted by molar-refractivity contribution is -0.119. The molecule has 3 nitrogen and oxygen atoms in total. The van der Waals surface area contributed by atoms with Crippen LogP contribution in [0.25, 0.3) is 0 Å². The van der Waals surface area contributed by atoms with Crippen LogP contribution in [-0.2, 0) is 4.79 Å². The van der Waals surface area contributed by atoms with E-state index in [2.05, 4.69) is 10.6 Å². The Morgan fingerprint density at radius 1 is 1.22 bits per heavy atom. The van der Waals surface area contributed by atoms with Gasteiger partial charge in [0.05, 0.1) is 6.54 Å². The monoisotopic (exact) mass is 258 g/mol. The highest BCUT2D eigenvalue weighted by molar-refractivity contribution is 5.80. The Labute approximate surface area is 102 Å². The maximum atomic E-state index is 12.9. The highest BCUT2D eigenvalue weighted by atomic mass is 19.2. The van der Waals surface area contributed by atoms with Gasteiger partial charge >= 0.3 is 0 Å². The number of rotatable bonds is 5. The van der Waals surface area contributed by atoms with E-state index in [-0.39, 0.29) is 18.1 Å². The van der Waals surface area contributed by atoms with Gasteiger partial charge in [0.1, 0.15) is 0 Å². The van der Waals surface area contributed by atoms with Crippen LogP contribution in [0, 0.1) is 23.4 Å². The second kappa shape index (κ2) is 5.29. The summed E-state index contributed by atoms with van der Waals surface area (Å²) in [6, 6.07) is 1.62. The summed E-state index contributed by atoms with van der Waals surface area (Å²) in [6.07, 6.45) is 2.25. The van der Waals surface area contributed by atoms with Gasteiger partial charge in [-0.3, -0.25) is 4.79 Å². The van der Waals surface area contributed by atoms with E-state index in [1.54, 1.807) is 0 Å². The first-order chi connectivity index (χ1) is 8.56. The predicted octanol–water partition coefficient (Wildman–Crippen LogP) is 2.04. The van der Waals surface area contributed by atoms with Crippen molar-refractivity contribution in [3.63, 3.8) is 0 Å². The van der Waals surface area contributed by atoms with Crippen molar-refractivity contribution in [2.24, 2.45) is 5.92 Å². The number of nitrogens with one attached hydrogen (secondary N) is 2. The molecule has 0 saturated heterocycles. The molecule has 0 unspecified atom stereocenters. The minimum Gasteiger partial charge on any atom is -0.376 e.